The number of hydrogen-bond acceptors (Lipinski definition) is 3. The fourth-order valence-corrected chi connectivity index (χ4v) is 1.96. The molecule has 0 aliphatic heterocycles. The molecule has 2 rings (SSSR count). The van der Waals surface area contributed by atoms with Gasteiger partial charge in [0.1, 0.15) is 5.75 Å². The molecule has 0 fully saturated rings. The largest absolute Gasteiger partial charge is 0.484 e. The summed E-state index contributed by atoms with van der Waals surface area (Å²) in [6.07, 6.45) is 0. The van der Waals surface area contributed by atoms with Crippen LogP contribution in [0.3, 0.4) is 0 Å². The van der Waals surface area contributed by atoms with E-state index in [4.69, 9.17) is 22.1 Å². The second kappa shape index (κ2) is 7.11. The summed E-state index contributed by atoms with van der Waals surface area (Å²) in [4.78, 5) is 11.8. The van der Waals surface area contributed by atoms with E-state index in [0.29, 0.717) is 23.0 Å². The molecule has 0 aliphatic carbocycles. The number of hydrogen-bond donors (Lipinski definition) is 2. The molecule has 4 nitrogen and oxygen atoms in total. The lowest BCUT2D eigenvalue weighted by Crippen LogP contribution is -2.20. The molecule has 2 aromatic carbocycles. The molecular weight excluding hydrogens is 288 g/mol. The number of carbonyl (C=O) groups is 1. The van der Waals surface area contributed by atoms with Crippen LogP contribution in [0, 0.1) is 6.92 Å². The van der Waals surface area contributed by atoms with Gasteiger partial charge in [-0.3, -0.25) is 4.79 Å². The van der Waals surface area contributed by atoms with Crippen molar-refractivity contribution >= 4 is 23.2 Å². The number of amides is 1. The van der Waals surface area contributed by atoms with E-state index in [1.165, 1.54) is 0 Å². The first kappa shape index (κ1) is 15.4. The van der Waals surface area contributed by atoms with Gasteiger partial charge in [-0.15, -0.1) is 0 Å². The van der Waals surface area contributed by atoms with Crippen molar-refractivity contribution in [2.24, 2.45) is 5.73 Å². The van der Waals surface area contributed by atoms with Gasteiger partial charge in [-0.25, -0.2) is 0 Å². The second-order valence-corrected chi connectivity index (χ2v) is 5.06. The third-order valence-electron chi connectivity index (χ3n) is 2.96. The fourth-order valence-electron chi connectivity index (χ4n) is 1.78. The number of benzene rings is 2. The van der Waals surface area contributed by atoms with Gasteiger partial charge in [0.25, 0.3) is 5.91 Å². The number of nitrogens with one attached hydrogen (secondary N) is 1. The van der Waals surface area contributed by atoms with Crippen LogP contribution in [0.1, 0.15) is 11.1 Å². The van der Waals surface area contributed by atoms with Crippen molar-refractivity contribution < 1.29 is 9.53 Å². The topological polar surface area (TPSA) is 64.3 Å². The zero-order valence-corrected chi connectivity index (χ0v) is 12.5. The maximum absolute atomic E-state index is 11.8. The molecule has 0 aromatic heterocycles. The Bertz CT molecular complexity index is 644. The molecular formula is C16H17ClN2O2. The Hall–Kier alpha value is -2.04. The summed E-state index contributed by atoms with van der Waals surface area (Å²) in [7, 11) is 0. The highest BCUT2D eigenvalue weighted by atomic mass is 35.5. The van der Waals surface area contributed by atoms with Crippen LogP contribution in [-0.4, -0.2) is 12.5 Å². The zero-order valence-electron chi connectivity index (χ0n) is 11.7. The van der Waals surface area contributed by atoms with E-state index in [1.807, 2.05) is 31.2 Å². The molecule has 5 heteroatoms. The first-order valence-corrected chi connectivity index (χ1v) is 6.94. The van der Waals surface area contributed by atoms with Gasteiger partial charge in [-0.1, -0.05) is 29.8 Å². The second-order valence-electron chi connectivity index (χ2n) is 4.65. The van der Waals surface area contributed by atoms with Crippen LogP contribution < -0.4 is 15.8 Å². The molecule has 0 spiro atoms. The highest BCUT2D eigenvalue weighted by Crippen LogP contribution is 2.20. The highest BCUT2D eigenvalue weighted by Gasteiger charge is 2.05. The molecule has 0 atom stereocenters. The molecule has 0 heterocycles. The van der Waals surface area contributed by atoms with Crippen LogP contribution in [0.4, 0.5) is 5.69 Å². The van der Waals surface area contributed by atoms with Crippen LogP contribution >= 0.6 is 11.6 Å². The first-order chi connectivity index (χ1) is 10.1. The predicted molar refractivity (Wildman–Crippen MR) is 84.6 cm³/mol. The zero-order chi connectivity index (χ0) is 15.2. The number of carbonyl (C=O) groups excluding carboxylic acids is 1. The van der Waals surface area contributed by atoms with Crippen molar-refractivity contribution in [1.82, 2.24) is 0 Å². The summed E-state index contributed by atoms with van der Waals surface area (Å²) in [6.45, 7) is 2.27. The molecule has 0 radical (unpaired) electrons. The highest BCUT2D eigenvalue weighted by molar-refractivity contribution is 6.31. The smallest absolute Gasteiger partial charge is 0.262 e. The molecule has 0 saturated carbocycles. The van der Waals surface area contributed by atoms with Crippen LogP contribution in [0.2, 0.25) is 5.02 Å². The maximum atomic E-state index is 11.8. The van der Waals surface area contributed by atoms with Gasteiger partial charge in [-0.05, 0) is 42.3 Å². The number of anilines is 1. The van der Waals surface area contributed by atoms with Gasteiger partial charge in [0.05, 0.1) is 0 Å². The molecule has 0 aliphatic rings. The van der Waals surface area contributed by atoms with Crippen molar-refractivity contribution in [3.8, 4) is 5.75 Å². The minimum atomic E-state index is -0.243. The van der Waals surface area contributed by atoms with Crippen molar-refractivity contribution in [3.05, 3.63) is 58.6 Å². The Morgan fingerprint density at radius 1 is 1.29 bits per heavy atom. The van der Waals surface area contributed by atoms with Crippen LogP contribution in [0.5, 0.6) is 5.75 Å². The Morgan fingerprint density at radius 2 is 2.10 bits per heavy atom. The lowest BCUT2D eigenvalue weighted by Gasteiger charge is -2.09. The minimum Gasteiger partial charge on any atom is -0.484 e. The number of nitrogens with two attached hydrogens (primary N) is 1. The normalized spacial score (nSPS) is 10.2. The molecule has 0 unspecified atom stereocenters. The predicted octanol–water partition coefficient (Wildman–Crippen LogP) is 3.12. The first-order valence-electron chi connectivity index (χ1n) is 6.56. The van der Waals surface area contributed by atoms with Gasteiger partial charge in [0.15, 0.2) is 6.61 Å². The summed E-state index contributed by atoms with van der Waals surface area (Å²) in [5, 5.41) is 3.35. The van der Waals surface area contributed by atoms with Crippen molar-refractivity contribution in [2.75, 3.05) is 11.9 Å². The van der Waals surface area contributed by atoms with Crippen molar-refractivity contribution in [3.63, 3.8) is 0 Å². The molecule has 0 saturated heterocycles. The van der Waals surface area contributed by atoms with E-state index in [9.17, 15) is 4.79 Å². The van der Waals surface area contributed by atoms with E-state index in [2.05, 4.69) is 5.32 Å². The Kier molecular flexibility index (Phi) is 5.20. The monoisotopic (exact) mass is 304 g/mol. The average molecular weight is 305 g/mol. The molecule has 3 N–H and O–H groups in total. The standard InChI is InChI=1S/C16H17ClN2O2/c1-11-5-6-13(8-15(11)17)19-16(20)10-21-14-4-2-3-12(7-14)9-18/h2-8H,9-10,18H2,1H3,(H,19,20). The van der Waals surface area contributed by atoms with Crippen LogP contribution in [-0.2, 0) is 11.3 Å². The van der Waals surface area contributed by atoms with Gasteiger partial charge in [-0.2, -0.15) is 0 Å². The lowest BCUT2D eigenvalue weighted by molar-refractivity contribution is -0.118. The summed E-state index contributed by atoms with van der Waals surface area (Å²) in [5.74, 6) is 0.378. The Labute approximate surface area is 128 Å². The number of ether oxygens (including phenoxy) is 1. The van der Waals surface area contributed by atoms with Gasteiger partial charge in [0, 0.05) is 17.3 Å². The number of aryl methyl sites for hydroxylation is 1. The lowest BCUT2D eigenvalue weighted by atomic mass is 10.2. The minimum absolute atomic E-state index is 0.0699. The van der Waals surface area contributed by atoms with Crippen molar-refractivity contribution in [1.29, 1.82) is 0 Å². The molecule has 1 amide bonds. The average Bonchev–Trinajstić information content (AvgIpc) is 2.49. The molecule has 0 bridgehead atoms. The van der Waals surface area contributed by atoms with E-state index in [0.717, 1.165) is 11.1 Å². The summed E-state index contributed by atoms with van der Waals surface area (Å²) < 4.78 is 5.44. The number of halogens is 1. The molecule has 2 aromatic rings. The van der Waals surface area contributed by atoms with Crippen molar-refractivity contribution in [2.45, 2.75) is 13.5 Å². The maximum Gasteiger partial charge on any atom is 0.262 e. The SMILES string of the molecule is Cc1ccc(NC(=O)COc2cccc(CN)c2)cc1Cl. The fraction of sp³-hybridized carbons (Fsp3) is 0.188. The third-order valence-corrected chi connectivity index (χ3v) is 3.37. The molecule has 110 valence electrons. The summed E-state index contributed by atoms with van der Waals surface area (Å²) in [5.41, 5.74) is 8.12. The molecule has 21 heavy (non-hydrogen) atoms. The van der Waals surface area contributed by atoms with E-state index >= 15 is 0 Å². The van der Waals surface area contributed by atoms with E-state index < -0.39 is 0 Å². The van der Waals surface area contributed by atoms with Gasteiger partial charge >= 0.3 is 0 Å². The van der Waals surface area contributed by atoms with Crippen LogP contribution in [0.15, 0.2) is 42.5 Å². The van der Waals surface area contributed by atoms with Gasteiger partial charge < -0.3 is 15.8 Å². The summed E-state index contributed by atoms with van der Waals surface area (Å²) >= 11 is 6.01. The Balaban J connectivity index is 1.91. The summed E-state index contributed by atoms with van der Waals surface area (Å²) in [6, 6.07) is 12.7. The Morgan fingerprint density at radius 3 is 2.81 bits per heavy atom. The van der Waals surface area contributed by atoms with E-state index in [-0.39, 0.29) is 12.5 Å². The van der Waals surface area contributed by atoms with Gasteiger partial charge in [0.2, 0.25) is 0 Å². The number of rotatable bonds is 5. The van der Waals surface area contributed by atoms with Crippen LogP contribution in [0.25, 0.3) is 0 Å². The van der Waals surface area contributed by atoms with E-state index in [1.54, 1.807) is 18.2 Å². The quantitative estimate of drug-likeness (QED) is 0.892. The third kappa shape index (κ3) is 4.48.